The summed E-state index contributed by atoms with van der Waals surface area (Å²) in [6.45, 7) is 0. The topological polar surface area (TPSA) is 119 Å². The number of benzene rings is 2. The molecule has 2 aromatic rings. The van der Waals surface area contributed by atoms with Crippen molar-refractivity contribution in [2.24, 2.45) is 5.73 Å². The summed E-state index contributed by atoms with van der Waals surface area (Å²) in [5.74, 6) is -0.909. The summed E-state index contributed by atoms with van der Waals surface area (Å²) in [6.07, 6.45) is 0.575. The molecule has 0 spiro atoms. The Balaban J connectivity index is 1.82. The second-order valence-corrected chi connectivity index (χ2v) is 7.57. The molecule has 2 atom stereocenters. The number of allylic oxidation sites excluding steroid dienone is 3. The average Bonchev–Trinajstić information content (AvgIpc) is 2.73. The number of nitro benzene ring substituents is 1. The number of nitriles is 1. The maximum absolute atomic E-state index is 13.2. The highest BCUT2D eigenvalue weighted by Gasteiger charge is 2.41. The Morgan fingerprint density at radius 2 is 1.97 bits per heavy atom. The van der Waals surface area contributed by atoms with Gasteiger partial charge in [0, 0.05) is 35.6 Å². The number of carbonyl (C=O) groups is 1. The number of Topliss-reactive ketones (excluding diaryl/α,β-unsaturated/α-hetero) is 1. The molecule has 0 bridgehead atoms. The first-order valence-electron chi connectivity index (χ1n) is 9.23. The maximum atomic E-state index is 13.2. The van der Waals surface area contributed by atoms with Crippen LogP contribution in [0.5, 0.6) is 0 Å². The summed E-state index contributed by atoms with van der Waals surface area (Å²) >= 11 is 6.32. The number of halogens is 1. The third-order valence-electron chi connectivity index (χ3n) is 5.42. The number of rotatable bonds is 3. The van der Waals surface area contributed by atoms with Crippen molar-refractivity contribution in [2.75, 3.05) is 0 Å². The molecule has 0 fully saturated rings. The van der Waals surface area contributed by atoms with Crippen LogP contribution in [-0.2, 0) is 9.53 Å². The van der Waals surface area contributed by atoms with Crippen molar-refractivity contribution >= 4 is 23.1 Å². The summed E-state index contributed by atoms with van der Waals surface area (Å²) in [7, 11) is 0. The standard InChI is InChI=1S/C22H16ClN3O4/c23-17-7-2-1-6-15(17)13-9-18(27)21-19(10-13)30-22(25)16(11-24)20(21)12-4-3-5-14(8-12)26(28)29/h1-8,13,20H,9-10,25H2. The zero-order chi connectivity index (χ0) is 21.4. The van der Waals surface area contributed by atoms with Crippen LogP contribution in [0.1, 0.15) is 35.8 Å². The lowest BCUT2D eigenvalue weighted by Gasteiger charge is -2.34. The van der Waals surface area contributed by atoms with E-state index in [1.165, 1.54) is 18.2 Å². The molecule has 4 rings (SSSR count). The first-order valence-corrected chi connectivity index (χ1v) is 9.61. The van der Waals surface area contributed by atoms with Crippen molar-refractivity contribution in [1.29, 1.82) is 5.26 Å². The first kappa shape index (κ1) is 19.7. The molecular weight excluding hydrogens is 406 g/mol. The van der Waals surface area contributed by atoms with Crippen molar-refractivity contribution in [3.8, 4) is 6.07 Å². The second kappa shape index (κ2) is 7.65. The lowest BCUT2D eigenvalue weighted by atomic mass is 9.73. The fraction of sp³-hybridized carbons (Fsp3) is 0.182. The van der Waals surface area contributed by atoms with E-state index in [1.807, 2.05) is 24.3 Å². The van der Waals surface area contributed by atoms with E-state index in [0.717, 1.165) is 5.56 Å². The van der Waals surface area contributed by atoms with Gasteiger partial charge in [-0.25, -0.2) is 0 Å². The van der Waals surface area contributed by atoms with Gasteiger partial charge < -0.3 is 10.5 Å². The van der Waals surface area contributed by atoms with Crippen molar-refractivity contribution in [3.05, 3.63) is 97.6 Å². The van der Waals surface area contributed by atoms with Gasteiger partial charge in [-0.05, 0) is 23.1 Å². The van der Waals surface area contributed by atoms with Gasteiger partial charge in [0.15, 0.2) is 5.78 Å². The molecule has 2 unspecified atom stereocenters. The Kier molecular flexibility index (Phi) is 5.02. The molecule has 1 aliphatic heterocycles. The molecule has 0 radical (unpaired) electrons. The molecule has 150 valence electrons. The number of ether oxygens (including phenoxy) is 1. The summed E-state index contributed by atoms with van der Waals surface area (Å²) in [4.78, 5) is 23.9. The molecule has 2 N–H and O–H groups in total. The molecule has 1 heterocycles. The average molecular weight is 422 g/mol. The Labute approximate surface area is 177 Å². The van der Waals surface area contributed by atoms with Crippen LogP contribution in [0.3, 0.4) is 0 Å². The predicted octanol–water partition coefficient (Wildman–Crippen LogP) is 4.46. The minimum Gasteiger partial charge on any atom is -0.444 e. The first-order chi connectivity index (χ1) is 14.4. The summed E-state index contributed by atoms with van der Waals surface area (Å²) in [5, 5.41) is 21.4. The van der Waals surface area contributed by atoms with Gasteiger partial charge in [0.2, 0.25) is 5.88 Å². The van der Waals surface area contributed by atoms with Crippen LogP contribution in [0.4, 0.5) is 5.69 Å². The highest BCUT2D eigenvalue weighted by atomic mass is 35.5. The molecule has 0 aromatic heterocycles. The monoisotopic (exact) mass is 421 g/mol. The minimum atomic E-state index is -0.807. The number of hydrogen-bond acceptors (Lipinski definition) is 6. The largest absolute Gasteiger partial charge is 0.444 e. The van der Waals surface area contributed by atoms with Gasteiger partial charge in [-0.2, -0.15) is 5.26 Å². The lowest BCUT2D eigenvalue weighted by molar-refractivity contribution is -0.384. The van der Waals surface area contributed by atoms with Gasteiger partial charge in [0.1, 0.15) is 17.4 Å². The van der Waals surface area contributed by atoms with Crippen molar-refractivity contribution in [1.82, 2.24) is 0 Å². The van der Waals surface area contributed by atoms with Crippen LogP contribution < -0.4 is 5.73 Å². The molecule has 0 saturated carbocycles. The molecule has 0 saturated heterocycles. The minimum absolute atomic E-state index is 0.0683. The van der Waals surface area contributed by atoms with Gasteiger partial charge >= 0.3 is 0 Å². The highest BCUT2D eigenvalue weighted by Crippen LogP contribution is 2.47. The number of nitrogens with zero attached hydrogens (tertiary/aromatic N) is 2. The Bertz CT molecular complexity index is 1180. The van der Waals surface area contributed by atoms with Gasteiger partial charge in [-0.3, -0.25) is 14.9 Å². The van der Waals surface area contributed by atoms with E-state index >= 15 is 0 Å². The Morgan fingerprint density at radius 1 is 1.20 bits per heavy atom. The number of non-ortho nitro benzene ring substituents is 1. The molecule has 0 amide bonds. The molecule has 1 aliphatic carbocycles. The van der Waals surface area contributed by atoms with Gasteiger partial charge in [0.05, 0.1) is 10.8 Å². The van der Waals surface area contributed by atoms with Crippen LogP contribution in [0, 0.1) is 21.4 Å². The van der Waals surface area contributed by atoms with Crippen LogP contribution in [-0.4, -0.2) is 10.7 Å². The lowest BCUT2D eigenvalue weighted by Crippen LogP contribution is -2.30. The van der Waals surface area contributed by atoms with Gasteiger partial charge in [-0.1, -0.05) is 41.9 Å². The second-order valence-electron chi connectivity index (χ2n) is 7.16. The molecule has 8 heteroatoms. The molecule has 30 heavy (non-hydrogen) atoms. The van der Waals surface area contributed by atoms with Crippen molar-refractivity contribution < 1.29 is 14.5 Å². The molecule has 2 aliphatic rings. The summed E-state index contributed by atoms with van der Waals surface area (Å²) in [6, 6.07) is 15.2. The summed E-state index contributed by atoms with van der Waals surface area (Å²) in [5.41, 5.74) is 7.56. The number of nitrogens with two attached hydrogens (primary N) is 1. The molecule has 2 aromatic carbocycles. The van der Waals surface area contributed by atoms with E-state index in [2.05, 4.69) is 0 Å². The fourth-order valence-electron chi connectivity index (χ4n) is 4.09. The van der Waals surface area contributed by atoms with Gasteiger partial charge in [0.25, 0.3) is 5.69 Å². The van der Waals surface area contributed by atoms with Gasteiger partial charge in [-0.15, -0.1) is 0 Å². The zero-order valence-electron chi connectivity index (χ0n) is 15.7. The van der Waals surface area contributed by atoms with Crippen molar-refractivity contribution in [3.63, 3.8) is 0 Å². The normalized spacial score (nSPS) is 21.0. The van der Waals surface area contributed by atoms with Crippen LogP contribution >= 0.6 is 11.6 Å². The van der Waals surface area contributed by atoms with E-state index < -0.39 is 10.8 Å². The SMILES string of the molecule is N#CC1=C(N)OC2=C(C(=O)CC(c3ccccc3Cl)C2)C1c1cccc([N+](=O)[O-])c1. The number of hydrogen-bond donors (Lipinski definition) is 1. The fourth-order valence-corrected chi connectivity index (χ4v) is 4.38. The van der Waals surface area contributed by atoms with Crippen LogP contribution in [0.15, 0.2) is 71.3 Å². The third-order valence-corrected chi connectivity index (χ3v) is 5.76. The Morgan fingerprint density at radius 3 is 2.67 bits per heavy atom. The molecular formula is C22H16ClN3O4. The number of nitro groups is 1. The maximum Gasteiger partial charge on any atom is 0.269 e. The van der Waals surface area contributed by atoms with E-state index in [1.54, 1.807) is 12.1 Å². The third kappa shape index (κ3) is 3.31. The zero-order valence-corrected chi connectivity index (χ0v) is 16.4. The summed E-state index contributed by atoms with van der Waals surface area (Å²) < 4.78 is 5.70. The predicted molar refractivity (Wildman–Crippen MR) is 109 cm³/mol. The van der Waals surface area contributed by atoms with Crippen LogP contribution in [0.2, 0.25) is 5.02 Å². The van der Waals surface area contributed by atoms with E-state index in [4.69, 9.17) is 22.1 Å². The smallest absolute Gasteiger partial charge is 0.269 e. The number of ketones is 1. The van der Waals surface area contributed by atoms with E-state index in [-0.39, 0.29) is 35.3 Å². The molecule has 7 nitrogen and oxygen atoms in total. The quantitative estimate of drug-likeness (QED) is 0.577. The highest BCUT2D eigenvalue weighted by molar-refractivity contribution is 6.31. The number of carbonyl (C=O) groups excluding carboxylic acids is 1. The Hall–Kier alpha value is -3.63. The van der Waals surface area contributed by atoms with Crippen molar-refractivity contribution in [2.45, 2.75) is 24.7 Å². The van der Waals surface area contributed by atoms with Crippen LogP contribution in [0.25, 0.3) is 0 Å². The van der Waals surface area contributed by atoms with E-state index in [9.17, 15) is 20.2 Å². The van der Waals surface area contributed by atoms with E-state index in [0.29, 0.717) is 28.3 Å².